The number of halogens is 4. The smallest absolute Gasteiger partial charge is 0.416 e. The molecule has 42 heavy (non-hydrogen) atoms. The molecule has 7 nitrogen and oxygen atoms in total. The summed E-state index contributed by atoms with van der Waals surface area (Å²) in [5, 5.41) is 12.3. The highest BCUT2D eigenvalue weighted by Gasteiger charge is 2.30. The van der Waals surface area contributed by atoms with Gasteiger partial charge in [-0.2, -0.15) is 22.7 Å². The molecule has 0 atom stereocenters. The van der Waals surface area contributed by atoms with Crippen LogP contribution in [0.1, 0.15) is 28.2 Å². The van der Waals surface area contributed by atoms with Gasteiger partial charge in [0.05, 0.1) is 17.0 Å². The second-order valence-electron chi connectivity index (χ2n) is 9.22. The molecule has 0 radical (unpaired) electrons. The second-order valence-corrected chi connectivity index (χ2v) is 11.6. The van der Waals surface area contributed by atoms with Crippen LogP contribution in [0.5, 0.6) is 0 Å². The first-order chi connectivity index (χ1) is 19.8. The Labute approximate surface area is 245 Å². The summed E-state index contributed by atoms with van der Waals surface area (Å²) < 4.78 is 73.1. The zero-order valence-corrected chi connectivity index (χ0v) is 23.6. The molecule has 0 aliphatic carbocycles. The van der Waals surface area contributed by atoms with Gasteiger partial charge in [-0.15, -0.1) is 0 Å². The number of alkyl halides is 3. The van der Waals surface area contributed by atoms with Crippen molar-refractivity contribution in [3.63, 3.8) is 0 Å². The van der Waals surface area contributed by atoms with E-state index >= 15 is 0 Å². The molecular weight excluding hydrogens is 591 g/mol. The molecule has 1 heterocycles. The predicted molar refractivity (Wildman–Crippen MR) is 151 cm³/mol. The van der Waals surface area contributed by atoms with Crippen molar-refractivity contribution in [1.82, 2.24) is 4.31 Å². The number of hydrogen-bond donors (Lipinski definition) is 1. The molecular formula is C30H23ClF3N3O4S. The number of anilines is 1. The molecule has 0 unspecified atom stereocenters. The van der Waals surface area contributed by atoms with Crippen molar-refractivity contribution in [3.8, 4) is 6.07 Å². The van der Waals surface area contributed by atoms with E-state index in [2.05, 4.69) is 5.32 Å². The largest absolute Gasteiger partial charge is 0.460 e. The Morgan fingerprint density at radius 2 is 1.71 bits per heavy atom. The minimum Gasteiger partial charge on any atom is -0.460 e. The van der Waals surface area contributed by atoms with Crippen LogP contribution in [0, 0.1) is 18.3 Å². The fraction of sp³-hybridized carbons (Fsp3) is 0.133. The lowest BCUT2D eigenvalue weighted by Crippen LogP contribution is -2.30. The molecule has 0 saturated heterocycles. The molecule has 216 valence electrons. The Morgan fingerprint density at radius 1 is 1.02 bits per heavy atom. The minimum atomic E-state index is -4.60. The van der Waals surface area contributed by atoms with Crippen LogP contribution in [0.15, 0.2) is 99.8 Å². The van der Waals surface area contributed by atoms with Crippen LogP contribution in [0.2, 0.25) is 5.02 Å². The zero-order valence-electron chi connectivity index (χ0n) is 22.0. The Kier molecular flexibility index (Phi) is 9.21. The molecule has 0 spiro atoms. The number of nitrogens with zero attached hydrogens (tertiary/aromatic N) is 2. The number of carbonyl (C=O) groups is 1. The van der Waals surface area contributed by atoms with Crippen LogP contribution in [0.3, 0.4) is 0 Å². The monoisotopic (exact) mass is 613 g/mol. The maximum atomic E-state index is 13.6. The number of sulfonamides is 1. The van der Waals surface area contributed by atoms with Crippen molar-refractivity contribution >= 4 is 39.3 Å². The molecule has 1 aromatic heterocycles. The number of amides is 1. The van der Waals surface area contributed by atoms with E-state index in [1.54, 1.807) is 42.5 Å². The highest BCUT2D eigenvalue weighted by molar-refractivity contribution is 7.89. The number of nitriles is 1. The molecule has 1 N–H and O–H groups in total. The third-order valence-electron chi connectivity index (χ3n) is 6.05. The molecule has 0 fully saturated rings. The van der Waals surface area contributed by atoms with E-state index in [9.17, 15) is 31.6 Å². The molecule has 4 aromatic rings. The van der Waals surface area contributed by atoms with Crippen molar-refractivity contribution < 1.29 is 30.8 Å². The lowest BCUT2D eigenvalue weighted by Gasteiger charge is -2.21. The van der Waals surface area contributed by atoms with E-state index in [-0.39, 0.29) is 35.2 Å². The van der Waals surface area contributed by atoms with Crippen molar-refractivity contribution in [1.29, 1.82) is 5.26 Å². The third kappa shape index (κ3) is 7.67. The minimum absolute atomic E-state index is 0.00208. The number of nitrogens with one attached hydrogen (secondary N) is 1. The van der Waals surface area contributed by atoms with Crippen LogP contribution in [0.4, 0.5) is 18.9 Å². The normalized spacial score (nSPS) is 12.3. The maximum Gasteiger partial charge on any atom is 0.416 e. The molecule has 0 aliphatic rings. The lowest BCUT2D eigenvalue weighted by atomic mass is 10.1. The van der Waals surface area contributed by atoms with Gasteiger partial charge in [0.2, 0.25) is 10.0 Å². The van der Waals surface area contributed by atoms with Gasteiger partial charge in [-0.3, -0.25) is 4.79 Å². The zero-order chi connectivity index (χ0) is 30.5. The van der Waals surface area contributed by atoms with Gasteiger partial charge < -0.3 is 9.73 Å². The first-order valence-electron chi connectivity index (χ1n) is 12.4. The number of hydrogen-bond acceptors (Lipinski definition) is 5. The average Bonchev–Trinajstić information content (AvgIpc) is 3.39. The van der Waals surface area contributed by atoms with Crippen molar-refractivity contribution in [2.75, 3.05) is 5.32 Å². The summed E-state index contributed by atoms with van der Waals surface area (Å²) in [4.78, 5) is 12.7. The molecule has 3 aromatic carbocycles. The molecule has 0 bridgehead atoms. The summed E-state index contributed by atoms with van der Waals surface area (Å²) in [6, 6.07) is 21.8. The summed E-state index contributed by atoms with van der Waals surface area (Å²) in [5.41, 5.74) is 0.0435. The van der Waals surface area contributed by atoms with Crippen LogP contribution < -0.4 is 5.32 Å². The standard InChI is InChI=1S/C30H23ClF3N3O4S/c1-20-5-13-28(14-6-20)42(39,40)37(18-21-7-9-24(31)10-8-21)19-27-12-11-26(41-27)15-22(17-35)29(38)36-25-4-2-3-23(16-25)30(32,33)34/h2-16H,18-19H2,1H3,(H,36,38)/b22-15-. The van der Waals surface area contributed by atoms with E-state index < -0.39 is 33.2 Å². The van der Waals surface area contributed by atoms with Gasteiger partial charge in [0.25, 0.3) is 5.91 Å². The highest BCUT2D eigenvalue weighted by atomic mass is 35.5. The topological polar surface area (TPSA) is 103 Å². The van der Waals surface area contributed by atoms with Gasteiger partial charge >= 0.3 is 6.18 Å². The molecule has 1 amide bonds. The van der Waals surface area contributed by atoms with Crippen LogP contribution in [-0.2, 0) is 34.1 Å². The number of rotatable bonds is 9. The van der Waals surface area contributed by atoms with Crippen LogP contribution in [-0.4, -0.2) is 18.6 Å². The lowest BCUT2D eigenvalue weighted by molar-refractivity contribution is -0.137. The first kappa shape index (κ1) is 30.6. The third-order valence-corrected chi connectivity index (χ3v) is 8.10. The molecule has 12 heteroatoms. The second kappa shape index (κ2) is 12.7. The number of carbonyl (C=O) groups excluding carboxylic acids is 1. The number of aryl methyl sites for hydroxylation is 1. The maximum absolute atomic E-state index is 13.6. The highest BCUT2D eigenvalue weighted by Crippen LogP contribution is 2.31. The molecule has 0 saturated carbocycles. The number of furan rings is 1. The first-order valence-corrected chi connectivity index (χ1v) is 14.2. The average molecular weight is 614 g/mol. The molecule has 4 rings (SSSR count). The summed E-state index contributed by atoms with van der Waals surface area (Å²) in [6.07, 6.45) is -3.49. The Hall–Kier alpha value is -4.37. The summed E-state index contributed by atoms with van der Waals surface area (Å²) >= 11 is 5.98. The van der Waals surface area contributed by atoms with Crippen LogP contribution in [0.25, 0.3) is 6.08 Å². The Balaban J connectivity index is 1.57. The fourth-order valence-corrected chi connectivity index (χ4v) is 5.39. The number of benzene rings is 3. The van der Waals surface area contributed by atoms with Gasteiger partial charge in [0.15, 0.2) is 0 Å². The van der Waals surface area contributed by atoms with E-state index in [4.69, 9.17) is 16.0 Å². The van der Waals surface area contributed by atoms with E-state index in [0.29, 0.717) is 10.6 Å². The summed E-state index contributed by atoms with van der Waals surface area (Å²) in [6.45, 7) is 1.67. The Bertz CT molecular complexity index is 1760. The van der Waals surface area contributed by atoms with E-state index in [0.717, 1.165) is 29.8 Å². The van der Waals surface area contributed by atoms with Crippen LogP contribution >= 0.6 is 11.6 Å². The van der Waals surface area contributed by atoms with Gasteiger partial charge in [0, 0.05) is 23.3 Å². The van der Waals surface area contributed by atoms with E-state index in [1.165, 1.54) is 34.6 Å². The Morgan fingerprint density at radius 3 is 2.36 bits per heavy atom. The fourth-order valence-electron chi connectivity index (χ4n) is 3.87. The molecule has 0 aliphatic heterocycles. The van der Waals surface area contributed by atoms with Gasteiger partial charge in [-0.05, 0) is 67.1 Å². The van der Waals surface area contributed by atoms with Gasteiger partial charge in [-0.25, -0.2) is 8.42 Å². The van der Waals surface area contributed by atoms with Crippen molar-refractivity contribution in [3.05, 3.63) is 124 Å². The van der Waals surface area contributed by atoms with E-state index in [1.807, 2.05) is 6.92 Å². The predicted octanol–water partition coefficient (Wildman–Crippen LogP) is 7.20. The summed E-state index contributed by atoms with van der Waals surface area (Å²) in [7, 11) is -3.98. The quantitative estimate of drug-likeness (QED) is 0.159. The van der Waals surface area contributed by atoms with Gasteiger partial charge in [0.1, 0.15) is 23.2 Å². The van der Waals surface area contributed by atoms with Crippen molar-refractivity contribution in [2.45, 2.75) is 31.1 Å². The SMILES string of the molecule is Cc1ccc(S(=O)(=O)N(Cc2ccc(Cl)cc2)Cc2ccc(/C=C(/C#N)C(=O)Nc3cccc(C(F)(F)F)c3)o2)cc1. The van der Waals surface area contributed by atoms with Crippen molar-refractivity contribution in [2.24, 2.45) is 0 Å². The van der Waals surface area contributed by atoms with Gasteiger partial charge in [-0.1, -0.05) is 47.5 Å². The summed E-state index contributed by atoms with van der Waals surface area (Å²) in [5.74, 6) is -0.650.